The molecule has 2 heterocycles. The molecule has 0 bridgehead atoms. The Kier molecular flexibility index (Phi) is 5.76. The summed E-state index contributed by atoms with van der Waals surface area (Å²) < 4.78 is 5.42. The Morgan fingerprint density at radius 3 is 2.50 bits per heavy atom. The van der Waals surface area contributed by atoms with Crippen LogP contribution in [-0.4, -0.2) is 29.5 Å². The number of rotatable bonds is 6. The molecule has 0 saturated carbocycles. The monoisotopic (exact) mass is 449 g/mol. The van der Waals surface area contributed by atoms with Crippen LogP contribution in [0.1, 0.15) is 27.2 Å². The van der Waals surface area contributed by atoms with Gasteiger partial charge in [-0.3, -0.25) is 4.79 Å². The van der Waals surface area contributed by atoms with Gasteiger partial charge in [0.1, 0.15) is 11.4 Å². The number of carbonyl (C=O) groups excluding carboxylic acids is 1. The number of hydrogen-bond donors (Lipinski definition) is 2. The number of methoxy groups -OCH3 is 1. The van der Waals surface area contributed by atoms with Crippen LogP contribution in [0.2, 0.25) is 0 Å². The lowest BCUT2D eigenvalue weighted by Crippen LogP contribution is -2.27. The van der Waals surface area contributed by atoms with E-state index < -0.39 is 0 Å². The molecule has 5 aromatic rings. The smallest absolute Gasteiger partial charge is 0.269 e. The van der Waals surface area contributed by atoms with E-state index in [0.717, 1.165) is 45.2 Å². The number of aryl methyl sites for hydroxylation is 2. The van der Waals surface area contributed by atoms with Gasteiger partial charge in [-0.25, -0.2) is 4.98 Å². The third kappa shape index (κ3) is 4.01. The molecule has 0 atom stereocenters. The van der Waals surface area contributed by atoms with Crippen molar-refractivity contribution in [3.8, 4) is 17.0 Å². The van der Waals surface area contributed by atoms with Crippen LogP contribution in [0, 0.1) is 13.8 Å². The highest BCUT2D eigenvalue weighted by molar-refractivity contribution is 6.13. The van der Waals surface area contributed by atoms with E-state index in [9.17, 15) is 4.79 Å². The van der Waals surface area contributed by atoms with Crippen molar-refractivity contribution < 1.29 is 9.53 Å². The first-order valence-corrected chi connectivity index (χ1v) is 11.4. The number of hydrogen-bond acceptors (Lipinski definition) is 3. The van der Waals surface area contributed by atoms with E-state index in [0.29, 0.717) is 12.2 Å². The van der Waals surface area contributed by atoms with Crippen molar-refractivity contribution in [2.75, 3.05) is 13.7 Å². The maximum Gasteiger partial charge on any atom is 0.269 e. The summed E-state index contributed by atoms with van der Waals surface area (Å²) in [6.45, 7) is 4.76. The number of ether oxygens (including phenoxy) is 1. The van der Waals surface area contributed by atoms with Gasteiger partial charge in [0.2, 0.25) is 0 Å². The minimum atomic E-state index is -0.178. The fourth-order valence-electron chi connectivity index (χ4n) is 4.58. The van der Waals surface area contributed by atoms with Gasteiger partial charge in [-0.1, -0.05) is 48.5 Å². The van der Waals surface area contributed by atoms with Crippen LogP contribution in [0.3, 0.4) is 0 Å². The average Bonchev–Trinajstić information content (AvgIpc) is 3.24. The molecular formula is C29H27N3O2. The molecule has 0 radical (unpaired) electrons. The predicted octanol–water partition coefficient (Wildman–Crippen LogP) is 5.98. The number of nitrogens with one attached hydrogen (secondary N) is 2. The quantitative estimate of drug-likeness (QED) is 0.335. The van der Waals surface area contributed by atoms with Gasteiger partial charge >= 0.3 is 0 Å². The molecule has 34 heavy (non-hydrogen) atoms. The van der Waals surface area contributed by atoms with Crippen LogP contribution in [0.15, 0.2) is 72.8 Å². The Hall–Kier alpha value is -4.12. The minimum Gasteiger partial charge on any atom is -0.497 e. The highest BCUT2D eigenvalue weighted by atomic mass is 16.5. The number of fused-ring (bicyclic) bond motifs is 3. The lowest BCUT2D eigenvalue weighted by atomic mass is 10.0. The Balaban J connectivity index is 1.53. The molecule has 5 rings (SSSR count). The number of nitrogens with zero attached hydrogens (tertiary/aromatic N) is 1. The van der Waals surface area contributed by atoms with Crippen molar-refractivity contribution in [2.45, 2.75) is 20.3 Å². The van der Waals surface area contributed by atoms with Gasteiger partial charge in [0.25, 0.3) is 5.91 Å². The number of pyridine rings is 1. The van der Waals surface area contributed by atoms with Crippen molar-refractivity contribution in [1.82, 2.24) is 15.3 Å². The summed E-state index contributed by atoms with van der Waals surface area (Å²) in [5, 5.41) is 5.11. The van der Waals surface area contributed by atoms with E-state index in [-0.39, 0.29) is 5.91 Å². The lowest BCUT2D eigenvalue weighted by molar-refractivity contribution is 0.0949. The number of aromatic amines is 1. The first-order valence-electron chi connectivity index (χ1n) is 11.4. The van der Waals surface area contributed by atoms with Crippen molar-refractivity contribution in [1.29, 1.82) is 0 Å². The molecule has 170 valence electrons. The van der Waals surface area contributed by atoms with Crippen LogP contribution >= 0.6 is 0 Å². The molecule has 1 amide bonds. The van der Waals surface area contributed by atoms with Crippen molar-refractivity contribution >= 4 is 27.7 Å². The highest BCUT2D eigenvalue weighted by Crippen LogP contribution is 2.33. The molecule has 0 aliphatic rings. The number of amides is 1. The summed E-state index contributed by atoms with van der Waals surface area (Å²) >= 11 is 0. The molecule has 2 aromatic heterocycles. The van der Waals surface area contributed by atoms with Crippen molar-refractivity contribution in [3.63, 3.8) is 0 Å². The SMILES string of the molecule is COc1cccc(-c2nc(C(=O)NCCc3c(C)cccc3C)cc3c2[nH]c2ccccc23)c1. The van der Waals surface area contributed by atoms with E-state index in [2.05, 4.69) is 48.4 Å². The zero-order valence-corrected chi connectivity index (χ0v) is 19.6. The van der Waals surface area contributed by atoms with Gasteiger partial charge in [-0.2, -0.15) is 0 Å². The maximum absolute atomic E-state index is 13.2. The summed E-state index contributed by atoms with van der Waals surface area (Å²) in [4.78, 5) is 21.5. The highest BCUT2D eigenvalue weighted by Gasteiger charge is 2.17. The Labute approximate surface area is 198 Å². The zero-order valence-electron chi connectivity index (χ0n) is 19.6. The third-order valence-electron chi connectivity index (χ3n) is 6.38. The molecule has 2 N–H and O–H groups in total. The summed E-state index contributed by atoms with van der Waals surface area (Å²) in [7, 11) is 1.64. The fourth-order valence-corrected chi connectivity index (χ4v) is 4.58. The second kappa shape index (κ2) is 9.02. The summed E-state index contributed by atoms with van der Waals surface area (Å²) in [5.74, 6) is 0.564. The Morgan fingerprint density at radius 1 is 0.941 bits per heavy atom. The first kappa shape index (κ1) is 21.7. The van der Waals surface area contributed by atoms with Gasteiger partial charge in [-0.15, -0.1) is 0 Å². The third-order valence-corrected chi connectivity index (χ3v) is 6.38. The van der Waals surface area contributed by atoms with E-state index in [4.69, 9.17) is 9.72 Å². The summed E-state index contributed by atoms with van der Waals surface area (Å²) in [6.07, 6.45) is 0.780. The number of para-hydroxylation sites is 1. The standard InChI is InChI=1S/C29H27N3O2/c1-18-8-6-9-19(2)22(18)14-15-30-29(33)26-17-24-23-12-4-5-13-25(23)31-28(24)27(32-26)20-10-7-11-21(16-20)34-3/h4-13,16-17,31H,14-15H2,1-3H3,(H,30,33). The van der Waals surface area contributed by atoms with E-state index in [1.165, 1.54) is 16.7 Å². The molecule has 0 unspecified atom stereocenters. The fraction of sp³-hybridized carbons (Fsp3) is 0.172. The number of aromatic nitrogens is 2. The molecule has 0 fully saturated rings. The molecule has 5 heteroatoms. The van der Waals surface area contributed by atoms with Crippen LogP contribution in [-0.2, 0) is 6.42 Å². The van der Waals surface area contributed by atoms with Gasteiger partial charge in [-0.05, 0) is 61.2 Å². The maximum atomic E-state index is 13.2. The van der Waals surface area contributed by atoms with E-state index >= 15 is 0 Å². The number of benzene rings is 3. The van der Waals surface area contributed by atoms with Crippen LogP contribution in [0.5, 0.6) is 5.75 Å². The average molecular weight is 450 g/mol. The van der Waals surface area contributed by atoms with E-state index in [1.54, 1.807) is 7.11 Å². The largest absolute Gasteiger partial charge is 0.497 e. The molecule has 0 aliphatic carbocycles. The number of carbonyl (C=O) groups is 1. The van der Waals surface area contributed by atoms with Crippen LogP contribution in [0.25, 0.3) is 33.1 Å². The van der Waals surface area contributed by atoms with Crippen molar-refractivity contribution in [3.05, 3.63) is 95.2 Å². The second-order valence-corrected chi connectivity index (χ2v) is 8.56. The van der Waals surface area contributed by atoms with Gasteiger partial charge in [0.05, 0.1) is 18.3 Å². The van der Waals surface area contributed by atoms with Crippen LogP contribution < -0.4 is 10.1 Å². The van der Waals surface area contributed by atoms with E-state index in [1.807, 2.05) is 48.5 Å². The number of H-pyrrole nitrogens is 1. The van der Waals surface area contributed by atoms with Gasteiger partial charge < -0.3 is 15.0 Å². The van der Waals surface area contributed by atoms with Crippen molar-refractivity contribution in [2.24, 2.45) is 0 Å². The Bertz CT molecular complexity index is 1500. The summed E-state index contributed by atoms with van der Waals surface area (Å²) in [6, 6.07) is 24.0. The predicted molar refractivity (Wildman–Crippen MR) is 138 cm³/mol. The Morgan fingerprint density at radius 2 is 1.71 bits per heavy atom. The summed E-state index contributed by atoms with van der Waals surface area (Å²) in [5.41, 5.74) is 7.70. The van der Waals surface area contributed by atoms with Gasteiger partial charge in [0.15, 0.2) is 0 Å². The molecule has 0 aliphatic heterocycles. The molecule has 5 nitrogen and oxygen atoms in total. The van der Waals surface area contributed by atoms with Gasteiger partial charge in [0, 0.05) is 28.4 Å². The molecule has 3 aromatic carbocycles. The lowest BCUT2D eigenvalue weighted by Gasteiger charge is -2.11. The minimum absolute atomic E-state index is 0.178. The topological polar surface area (TPSA) is 67.0 Å². The normalized spacial score (nSPS) is 11.1. The second-order valence-electron chi connectivity index (χ2n) is 8.56. The molecular weight excluding hydrogens is 422 g/mol. The zero-order chi connectivity index (χ0) is 23.7. The molecule has 0 spiro atoms. The molecule has 0 saturated heterocycles. The van der Waals surface area contributed by atoms with Crippen LogP contribution in [0.4, 0.5) is 0 Å². The first-order chi connectivity index (χ1) is 16.5.